The van der Waals surface area contributed by atoms with E-state index >= 15 is 0 Å². The average Bonchev–Trinajstić information content (AvgIpc) is 2.65. The number of hydrogen-bond donors (Lipinski definition) is 0. The number of rotatable bonds is 0. The highest BCUT2D eigenvalue weighted by molar-refractivity contribution is 5.29. The van der Waals surface area contributed by atoms with Gasteiger partial charge in [0.15, 0.2) is 5.79 Å². The summed E-state index contributed by atoms with van der Waals surface area (Å²) >= 11 is 0. The molecule has 1 aliphatic heterocycles. The van der Waals surface area contributed by atoms with Crippen molar-refractivity contribution in [1.82, 2.24) is 0 Å². The predicted octanol–water partition coefficient (Wildman–Crippen LogP) is 1.96. The molecule has 14 heavy (non-hydrogen) atoms. The van der Waals surface area contributed by atoms with E-state index < -0.39 is 0 Å². The summed E-state index contributed by atoms with van der Waals surface area (Å²) in [6, 6.07) is 0. The highest BCUT2D eigenvalue weighted by Crippen LogP contribution is 2.69. The van der Waals surface area contributed by atoms with E-state index in [0.717, 1.165) is 25.0 Å². The van der Waals surface area contributed by atoms with E-state index in [2.05, 4.69) is 6.58 Å². The van der Waals surface area contributed by atoms with Gasteiger partial charge in [-0.15, -0.1) is 0 Å². The lowest BCUT2D eigenvalue weighted by Crippen LogP contribution is -2.61. The van der Waals surface area contributed by atoms with Crippen LogP contribution < -0.4 is 0 Å². The maximum Gasteiger partial charge on any atom is 0.175 e. The highest BCUT2D eigenvalue weighted by atomic mass is 16.7. The molecule has 0 unspecified atom stereocenters. The van der Waals surface area contributed by atoms with Crippen LogP contribution in [0.25, 0.3) is 0 Å². The van der Waals surface area contributed by atoms with Gasteiger partial charge >= 0.3 is 0 Å². The van der Waals surface area contributed by atoms with E-state index in [0.29, 0.717) is 11.8 Å². The van der Waals surface area contributed by atoms with Crippen LogP contribution in [-0.4, -0.2) is 19.0 Å². The minimum absolute atomic E-state index is 0.154. The Morgan fingerprint density at radius 2 is 1.93 bits per heavy atom. The van der Waals surface area contributed by atoms with Crippen molar-refractivity contribution >= 4 is 0 Å². The van der Waals surface area contributed by atoms with Crippen LogP contribution in [0.3, 0.4) is 0 Å². The molecule has 1 saturated heterocycles. The molecule has 4 aliphatic rings. The van der Waals surface area contributed by atoms with Crippen LogP contribution >= 0.6 is 0 Å². The maximum absolute atomic E-state index is 5.91. The molecule has 0 amide bonds. The van der Waals surface area contributed by atoms with E-state index in [1.165, 1.54) is 24.8 Å². The molecular weight excluding hydrogens is 176 g/mol. The molecule has 76 valence electrons. The second-order valence-corrected chi connectivity index (χ2v) is 5.24. The molecule has 1 spiro atoms. The van der Waals surface area contributed by atoms with E-state index in [1.807, 2.05) is 0 Å². The topological polar surface area (TPSA) is 18.5 Å². The molecule has 1 heterocycles. The Kier molecular flexibility index (Phi) is 1.27. The lowest BCUT2D eigenvalue weighted by atomic mass is 9.57. The first-order chi connectivity index (χ1) is 6.83. The molecule has 4 atom stereocenters. The Hall–Kier alpha value is -0.340. The summed E-state index contributed by atoms with van der Waals surface area (Å²) in [4.78, 5) is 0. The SMILES string of the molecule is C=C1[C@@H]2CC[C@H]3[C@@H]1[C@@H](C2)C31OCCO1. The van der Waals surface area contributed by atoms with Crippen LogP contribution in [0.15, 0.2) is 12.2 Å². The summed E-state index contributed by atoms with van der Waals surface area (Å²) in [7, 11) is 0. The molecule has 0 aromatic heterocycles. The van der Waals surface area contributed by atoms with Crippen molar-refractivity contribution < 1.29 is 9.47 Å². The van der Waals surface area contributed by atoms with Crippen molar-refractivity contribution in [3.63, 3.8) is 0 Å². The molecule has 4 rings (SSSR count). The molecule has 0 aromatic carbocycles. The molecule has 0 radical (unpaired) electrons. The number of hydrogen-bond acceptors (Lipinski definition) is 2. The lowest BCUT2D eigenvalue weighted by Gasteiger charge is -2.56. The largest absolute Gasteiger partial charge is 0.347 e. The number of fused-ring (bicyclic) bond motifs is 3. The van der Waals surface area contributed by atoms with Crippen molar-refractivity contribution in [2.75, 3.05) is 13.2 Å². The summed E-state index contributed by atoms with van der Waals surface area (Å²) in [6.45, 7) is 5.87. The Bertz CT molecular complexity index is 295. The lowest BCUT2D eigenvalue weighted by molar-refractivity contribution is -0.305. The van der Waals surface area contributed by atoms with Crippen LogP contribution in [0.5, 0.6) is 0 Å². The minimum Gasteiger partial charge on any atom is -0.347 e. The van der Waals surface area contributed by atoms with E-state index in [9.17, 15) is 0 Å². The first kappa shape index (κ1) is 7.89. The fourth-order valence-electron chi connectivity index (χ4n) is 4.43. The van der Waals surface area contributed by atoms with Gasteiger partial charge in [-0.3, -0.25) is 0 Å². The van der Waals surface area contributed by atoms with Crippen LogP contribution in [-0.2, 0) is 9.47 Å². The Balaban J connectivity index is 1.77. The zero-order valence-corrected chi connectivity index (χ0v) is 8.37. The van der Waals surface area contributed by atoms with Gasteiger partial charge in [0.05, 0.1) is 13.2 Å². The standard InChI is InChI=1S/C12H16O2/c1-7-8-2-3-9-11(7)10(6-8)12(9)13-4-5-14-12/h8-11H,1-6H2/t8-,9+,10-,11-/m1/s1. The van der Waals surface area contributed by atoms with Gasteiger partial charge in [-0.2, -0.15) is 0 Å². The van der Waals surface area contributed by atoms with Crippen LogP contribution in [0.4, 0.5) is 0 Å². The average molecular weight is 192 g/mol. The van der Waals surface area contributed by atoms with Crippen molar-refractivity contribution in [3.8, 4) is 0 Å². The zero-order valence-electron chi connectivity index (χ0n) is 8.37. The first-order valence-electron chi connectivity index (χ1n) is 5.79. The third kappa shape index (κ3) is 0.636. The Morgan fingerprint density at radius 3 is 2.71 bits per heavy atom. The second-order valence-electron chi connectivity index (χ2n) is 5.24. The number of allylic oxidation sites excluding steroid dienone is 1. The molecule has 2 nitrogen and oxygen atoms in total. The van der Waals surface area contributed by atoms with Gasteiger partial charge in [0.1, 0.15) is 0 Å². The Labute approximate surface area is 84.3 Å². The van der Waals surface area contributed by atoms with Gasteiger partial charge < -0.3 is 9.47 Å². The molecule has 2 bridgehead atoms. The fraction of sp³-hybridized carbons (Fsp3) is 0.833. The normalized spacial score (nSPS) is 52.4. The van der Waals surface area contributed by atoms with Gasteiger partial charge in [0.2, 0.25) is 0 Å². The summed E-state index contributed by atoms with van der Waals surface area (Å²) in [5.41, 5.74) is 1.51. The molecular formula is C12H16O2. The summed E-state index contributed by atoms with van der Waals surface area (Å²) in [6.07, 6.45) is 3.90. The van der Waals surface area contributed by atoms with Gasteiger partial charge in [-0.25, -0.2) is 0 Å². The van der Waals surface area contributed by atoms with E-state index in [-0.39, 0.29) is 5.79 Å². The number of ether oxygens (including phenoxy) is 2. The first-order valence-corrected chi connectivity index (χ1v) is 5.79. The predicted molar refractivity (Wildman–Crippen MR) is 51.6 cm³/mol. The minimum atomic E-state index is -0.154. The third-order valence-corrected chi connectivity index (χ3v) is 4.96. The van der Waals surface area contributed by atoms with Crippen molar-refractivity contribution in [2.45, 2.75) is 25.0 Å². The highest BCUT2D eigenvalue weighted by Gasteiger charge is 2.71. The van der Waals surface area contributed by atoms with Crippen molar-refractivity contribution in [1.29, 1.82) is 0 Å². The van der Waals surface area contributed by atoms with Crippen LogP contribution in [0, 0.1) is 23.7 Å². The second kappa shape index (κ2) is 2.25. The maximum atomic E-state index is 5.91. The van der Waals surface area contributed by atoms with Crippen LogP contribution in [0.2, 0.25) is 0 Å². The zero-order chi connectivity index (χ0) is 9.34. The van der Waals surface area contributed by atoms with Gasteiger partial charge in [-0.05, 0) is 31.1 Å². The molecule has 3 aliphatic carbocycles. The molecule has 0 aromatic rings. The third-order valence-electron chi connectivity index (χ3n) is 4.96. The molecule has 4 fully saturated rings. The Morgan fingerprint density at radius 1 is 1.14 bits per heavy atom. The van der Waals surface area contributed by atoms with Crippen LogP contribution in [0.1, 0.15) is 19.3 Å². The summed E-state index contributed by atoms with van der Waals surface area (Å²) < 4.78 is 11.8. The summed E-state index contributed by atoms with van der Waals surface area (Å²) in [5.74, 6) is 2.66. The van der Waals surface area contributed by atoms with E-state index in [1.54, 1.807) is 0 Å². The van der Waals surface area contributed by atoms with Gasteiger partial charge in [-0.1, -0.05) is 12.2 Å². The smallest absolute Gasteiger partial charge is 0.175 e. The molecule has 2 heteroatoms. The fourth-order valence-corrected chi connectivity index (χ4v) is 4.43. The van der Waals surface area contributed by atoms with Crippen molar-refractivity contribution in [2.24, 2.45) is 23.7 Å². The van der Waals surface area contributed by atoms with Gasteiger partial charge in [0, 0.05) is 11.8 Å². The monoisotopic (exact) mass is 192 g/mol. The van der Waals surface area contributed by atoms with Gasteiger partial charge in [0.25, 0.3) is 0 Å². The van der Waals surface area contributed by atoms with E-state index in [4.69, 9.17) is 9.47 Å². The van der Waals surface area contributed by atoms with Crippen molar-refractivity contribution in [3.05, 3.63) is 12.2 Å². The molecule has 0 N–H and O–H groups in total. The quantitative estimate of drug-likeness (QED) is 0.546. The molecule has 3 saturated carbocycles. The summed E-state index contributed by atoms with van der Waals surface area (Å²) in [5, 5.41) is 0.